The molecule has 0 bridgehead atoms. The number of ether oxygens (including phenoxy) is 1. The van der Waals surface area contributed by atoms with E-state index in [1.165, 1.54) is 43.9 Å². The molecule has 0 saturated carbocycles. The van der Waals surface area contributed by atoms with Gasteiger partial charge in [-0.05, 0) is 25.2 Å². The van der Waals surface area contributed by atoms with Crippen LogP contribution in [-0.2, 0) is 11.2 Å². The molecular formula is C18H30N2O3S. The molecule has 2 heterocycles. The Morgan fingerprint density at radius 1 is 1.21 bits per heavy atom. The average Bonchev–Trinajstić information content (AvgIpc) is 2.98. The summed E-state index contributed by atoms with van der Waals surface area (Å²) >= 11 is 1.52. The number of thioether (sulfide) groups is 1. The predicted octanol–water partition coefficient (Wildman–Crippen LogP) is 3.28. The molecule has 1 saturated heterocycles. The van der Waals surface area contributed by atoms with Crippen molar-refractivity contribution < 1.29 is 14.9 Å². The summed E-state index contributed by atoms with van der Waals surface area (Å²) in [6.07, 6.45) is 9.58. The molecular weight excluding hydrogens is 324 g/mol. The molecule has 3 atom stereocenters. The molecule has 6 heteroatoms. The maximum absolute atomic E-state index is 9.93. The van der Waals surface area contributed by atoms with Crippen molar-refractivity contribution in [2.45, 2.75) is 81.8 Å². The van der Waals surface area contributed by atoms with Gasteiger partial charge in [-0.15, -0.1) is 0 Å². The second-order valence-electron chi connectivity index (χ2n) is 6.44. The molecule has 136 valence electrons. The number of aliphatic hydroxyl groups is 2. The fourth-order valence-corrected chi connectivity index (χ4v) is 3.45. The highest BCUT2D eigenvalue weighted by atomic mass is 32.2. The lowest BCUT2D eigenvalue weighted by atomic mass is 10.1. The van der Waals surface area contributed by atoms with Crippen LogP contribution in [0, 0.1) is 0 Å². The lowest BCUT2D eigenvalue weighted by Crippen LogP contribution is -2.24. The Kier molecular flexibility index (Phi) is 8.45. The summed E-state index contributed by atoms with van der Waals surface area (Å²) in [6.45, 7) is 2.07. The van der Waals surface area contributed by atoms with Crippen molar-refractivity contribution in [2.75, 3.05) is 12.9 Å². The SMILES string of the molecule is CCCCCCCCc1cc([C@H]2C[C@H](O)[C@@H](CO)O2)nc(SC)n1. The second-order valence-corrected chi connectivity index (χ2v) is 7.21. The van der Waals surface area contributed by atoms with Crippen molar-refractivity contribution >= 4 is 11.8 Å². The molecule has 1 aliphatic heterocycles. The summed E-state index contributed by atoms with van der Waals surface area (Å²) in [6, 6.07) is 2.00. The number of hydrogen-bond acceptors (Lipinski definition) is 6. The largest absolute Gasteiger partial charge is 0.394 e. The zero-order valence-electron chi connectivity index (χ0n) is 14.8. The number of rotatable bonds is 10. The normalized spacial score (nSPS) is 23.8. The number of aliphatic hydroxyl groups excluding tert-OH is 2. The molecule has 0 aromatic carbocycles. The van der Waals surface area contributed by atoms with Crippen LogP contribution in [-0.4, -0.2) is 45.3 Å². The number of hydrogen-bond donors (Lipinski definition) is 2. The minimum Gasteiger partial charge on any atom is -0.394 e. The highest BCUT2D eigenvalue weighted by Gasteiger charge is 2.35. The fourth-order valence-electron chi connectivity index (χ4n) is 3.05. The molecule has 2 N–H and O–H groups in total. The second kappa shape index (κ2) is 10.3. The number of unbranched alkanes of at least 4 members (excludes halogenated alkanes) is 5. The van der Waals surface area contributed by atoms with Crippen molar-refractivity contribution in [2.24, 2.45) is 0 Å². The van der Waals surface area contributed by atoms with Crippen LogP contribution in [0.15, 0.2) is 11.2 Å². The molecule has 0 unspecified atom stereocenters. The standard InChI is InChI=1S/C18H30N2O3S/c1-3-4-5-6-7-8-9-13-10-14(20-18(19-13)24-2)16-11-15(22)17(12-21)23-16/h10,15-17,21-22H,3-9,11-12H2,1-2H3/t15-,16+,17+/m0/s1. The lowest BCUT2D eigenvalue weighted by molar-refractivity contribution is -0.0237. The van der Waals surface area contributed by atoms with Crippen LogP contribution >= 0.6 is 11.8 Å². The van der Waals surface area contributed by atoms with Crippen molar-refractivity contribution in [3.8, 4) is 0 Å². The minimum absolute atomic E-state index is 0.164. The molecule has 5 nitrogen and oxygen atoms in total. The monoisotopic (exact) mass is 354 g/mol. The molecule has 0 amide bonds. The van der Waals surface area contributed by atoms with Crippen molar-refractivity contribution in [3.05, 3.63) is 17.5 Å². The molecule has 0 spiro atoms. The highest BCUT2D eigenvalue weighted by molar-refractivity contribution is 7.98. The van der Waals surface area contributed by atoms with Crippen LogP contribution in [0.1, 0.15) is 69.4 Å². The van der Waals surface area contributed by atoms with Crippen molar-refractivity contribution in [1.82, 2.24) is 9.97 Å². The van der Waals surface area contributed by atoms with E-state index in [9.17, 15) is 10.2 Å². The van der Waals surface area contributed by atoms with Crippen LogP contribution < -0.4 is 0 Å². The summed E-state index contributed by atoms with van der Waals surface area (Å²) in [7, 11) is 0. The van der Waals surface area contributed by atoms with E-state index in [-0.39, 0.29) is 12.7 Å². The maximum atomic E-state index is 9.93. The average molecular weight is 355 g/mol. The van der Waals surface area contributed by atoms with E-state index in [4.69, 9.17) is 4.74 Å². The van der Waals surface area contributed by atoms with Crippen LogP contribution in [0.4, 0.5) is 0 Å². The van der Waals surface area contributed by atoms with Gasteiger partial charge < -0.3 is 14.9 Å². The van der Waals surface area contributed by atoms with Gasteiger partial charge in [0.2, 0.25) is 0 Å². The Hall–Kier alpha value is -0.690. The van der Waals surface area contributed by atoms with Crippen LogP contribution in [0.5, 0.6) is 0 Å². The van der Waals surface area contributed by atoms with Gasteiger partial charge in [0.15, 0.2) is 5.16 Å². The van der Waals surface area contributed by atoms with Gasteiger partial charge in [0, 0.05) is 12.1 Å². The first-order chi connectivity index (χ1) is 11.7. The molecule has 24 heavy (non-hydrogen) atoms. The molecule has 1 fully saturated rings. The molecule has 1 aliphatic rings. The Bertz CT molecular complexity index is 501. The zero-order chi connectivity index (χ0) is 17.4. The predicted molar refractivity (Wildman–Crippen MR) is 96.2 cm³/mol. The summed E-state index contributed by atoms with van der Waals surface area (Å²) in [5.74, 6) is 0. The van der Waals surface area contributed by atoms with Crippen molar-refractivity contribution in [3.63, 3.8) is 0 Å². The molecule has 1 aromatic heterocycles. The molecule has 2 rings (SSSR count). The van der Waals surface area contributed by atoms with Crippen LogP contribution in [0.2, 0.25) is 0 Å². The third-order valence-corrected chi connectivity index (χ3v) is 5.03. The van der Waals surface area contributed by atoms with Gasteiger partial charge in [-0.25, -0.2) is 9.97 Å². The summed E-state index contributed by atoms with van der Waals surface area (Å²) in [5, 5.41) is 19.9. The third kappa shape index (κ3) is 5.69. The first-order valence-electron chi connectivity index (χ1n) is 9.04. The van der Waals surface area contributed by atoms with E-state index in [1.54, 1.807) is 0 Å². The topological polar surface area (TPSA) is 75.5 Å². The van der Waals surface area contributed by atoms with Gasteiger partial charge in [0.05, 0.1) is 18.4 Å². The van der Waals surface area contributed by atoms with E-state index >= 15 is 0 Å². The number of aryl methyl sites for hydroxylation is 1. The Morgan fingerprint density at radius 2 is 1.96 bits per heavy atom. The Morgan fingerprint density at radius 3 is 2.62 bits per heavy atom. The smallest absolute Gasteiger partial charge is 0.187 e. The van der Waals surface area contributed by atoms with E-state index < -0.39 is 12.2 Å². The third-order valence-electron chi connectivity index (χ3n) is 4.48. The quantitative estimate of drug-likeness (QED) is 0.381. The Balaban J connectivity index is 1.95. The van der Waals surface area contributed by atoms with Crippen molar-refractivity contribution in [1.29, 1.82) is 0 Å². The van der Waals surface area contributed by atoms with Crippen LogP contribution in [0.25, 0.3) is 0 Å². The Labute approximate surface area is 149 Å². The van der Waals surface area contributed by atoms with Gasteiger partial charge in [-0.2, -0.15) is 0 Å². The first kappa shape index (κ1) is 19.6. The number of aromatic nitrogens is 2. The van der Waals surface area contributed by atoms with Gasteiger partial charge in [0.1, 0.15) is 12.2 Å². The van der Waals surface area contributed by atoms with Gasteiger partial charge in [-0.1, -0.05) is 50.8 Å². The minimum atomic E-state index is -0.630. The van der Waals surface area contributed by atoms with E-state index in [0.29, 0.717) is 6.42 Å². The van der Waals surface area contributed by atoms with Gasteiger partial charge in [-0.3, -0.25) is 0 Å². The molecule has 1 aromatic rings. The fraction of sp³-hybridized carbons (Fsp3) is 0.778. The first-order valence-corrected chi connectivity index (χ1v) is 10.3. The highest BCUT2D eigenvalue weighted by Crippen LogP contribution is 2.33. The summed E-state index contributed by atoms with van der Waals surface area (Å²) in [5.41, 5.74) is 1.87. The lowest BCUT2D eigenvalue weighted by Gasteiger charge is -2.13. The zero-order valence-corrected chi connectivity index (χ0v) is 15.6. The summed E-state index contributed by atoms with van der Waals surface area (Å²) < 4.78 is 5.73. The molecule has 0 aliphatic carbocycles. The number of nitrogens with zero attached hydrogens (tertiary/aromatic N) is 2. The maximum Gasteiger partial charge on any atom is 0.187 e. The van der Waals surface area contributed by atoms with E-state index in [0.717, 1.165) is 29.4 Å². The summed E-state index contributed by atoms with van der Waals surface area (Å²) in [4.78, 5) is 9.14. The van der Waals surface area contributed by atoms with Gasteiger partial charge in [0.25, 0.3) is 0 Å². The van der Waals surface area contributed by atoms with Gasteiger partial charge >= 0.3 is 0 Å². The molecule has 0 radical (unpaired) electrons. The van der Waals surface area contributed by atoms with E-state index in [2.05, 4.69) is 16.9 Å². The van der Waals surface area contributed by atoms with Crippen LogP contribution in [0.3, 0.4) is 0 Å². The van der Waals surface area contributed by atoms with E-state index in [1.807, 2.05) is 12.3 Å².